The average Bonchev–Trinajstić information content (AvgIpc) is 3.00. The highest BCUT2D eigenvalue weighted by atomic mass is 19.1. The van der Waals surface area contributed by atoms with Crippen molar-refractivity contribution in [2.24, 2.45) is 5.41 Å². The number of nitrogens with one attached hydrogen (secondary N) is 1. The molecule has 1 spiro atoms. The Morgan fingerprint density at radius 3 is 2.46 bits per heavy atom. The highest BCUT2D eigenvalue weighted by Crippen LogP contribution is 2.40. The summed E-state index contributed by atoms with van der Waals surface area (Å²) >= 11 is 0. The zero-order chi connectivity index (χ0) is 28.8. The van der Waals surface area contributed by atoms with Crippen molar-refractivity contribution >= 4 is 17.9 Å². The van der Waals surface area contributed by atoms with Crippen LogP contribution in [0.4, 0.5) is 8.78 Å². The molecule has 214 valence electrons. The number of carbonyl (C=O) groups is 2. The van der Waals surface area contributed by atoms with Gasteiger partial charge < -0.3 is 19.7 Å². The number of piperidine rings is 1. The van der Waals surface area contributed by atoms with Gasteiger partial charge >= 0.3 is 0 Å². The van der Waals surface area contributed by atoms with Gasteiger partial charge in [-0.1, -0.05) is 36.4 Å². The normalized spacial score (nSPS) is 18.4. The zero-order valence-corrected chi connectivity index (χ0v) is 23.1. The smallest absolute Gasteiger partial charge is 0.253 e. The Bertz CT molecular complexity index is 1410. The van der Waals surface area contributed by atoms with E-state index in [2.05, 4.69) is 5.32 Å². The molecule has 1 unspecified atom stereocenters. The molecule has 3 aromatic carbocycles. The molecule has 3 aromatic rings. The summed E-state index contributed by atoms with van der Waals surface area (Å²) in [4.78, 5) is 27.2. The number of benzene rings is 3. The highest BCUT2D eigenvalue weighted by Gasteiger charge is 2.40. The Kier molecular flexibility index (Phi) is 8.78. The molecular weight excluding hydrogens is 526 g/mol. The van der Waals surface area contributed by atoms with Crippen LogP contribution in [0.25, 0.3) is 17.2 Å². The molecule has 2 aliphatic rings. The Morgan fingerprint density at radius 1 is 1.02 bits per heavy atom. The van der Waals surface area contributed by atoms with Crippen LogP contribution in [-0.4, -0.2) is 56.2 Å². The molecule has 2 saturated heterocycles. The van der Waals surface area contributed by atoms with E-state index in [0.717, 1.165) is 31.2 Å². The molecule has 5 rings (SSSR count). The Balaban J connectivity index is 1.07. The third kappa shape index (κ3) is 6.82. The molecule has 0 aliphatic carbocycles. The molecule has 1 N–H and O–H groups in total. The molecule has 1 atom stereocenters. The van der Waals surface area contributed by atoms with E-state index < -0.39 is 11.6 Å². The molecule has 6 nitrogen and oxygen atoms in total. The van der Waals surface area contributed by atoms with Crippen molar-refractivity contribution in [2.75, 3.05) is 33.4 Å². The molecular formula is C33H34F2N2O4. The van der Waals surface area contributed by atoms with Gasteiger partial charge in [0, 0.05) is 48.5 Å². The molecule has 2 fully saturated rings. The average molecular weight is 561 g/mol. The molecule has 41 heavy (non-hydrogen) atoms. The van der Waals surface area contributed by atoms with Crippen molar-refractivity contribution in [3.8, 4) is 16.9 Å². The van der Waals surface area contributed by atoms with Crippen LogP contribution in [0.2, 0.25) is 0 Å². The number of hydrogen-bond donors (Lipinski definition) is 1. The topological polar surface area (TPSA) is 67.9 Å². The van der Waals surface area contributed by atoms with Crippen molar-refractivity contribution in [3.05, 3.63) is 95.6 Å². The summed E-state index contributed by atoms with van der Waals surface area (Å²) in [6.07, 6.45) is 6.03. The summed E-state index contributed by atoms with van der Waals surface area (Å²) in [7, 11) is 1.47. The van der Waals surface area contributed by atoms with Crippen molar-refractivity contribution in [1.29, 1.82) is 0 Å². The molecule has 0 saturated carbocycles. The van der Waals surface area contributed by atoms with Crippen LogP contribution >= 0.6 is 0 Å². The maximum atomic E-state index is 14.8. The summed E-state index contributed by atoms with van der Waals surface area (Å²) < 4.78 is 40.0. The summed E-state index contributed by atoms with van der Waals surface area (Å²) in [5.74, 6) is -0.923. The predicted octanol–water partition coefficient (Wildman–Crippen LogP) is 5.87. The molecule has 0 aromatic heterocycles. The summed E-state index contributed by atoms with van der Waals surface area (Å²) in [5, 5.41) is 2.83. The molecule has 2 aliphatic heterocycles. The van der Waals surface area contributed by atoms with Crippen LogP contribution in [-0.2, 0) is 9.53 Å². The van der Waals surface area contributed by atoms with Gasteiger partial charge in [-0.3, -0.25) is 9.59 Å². The first kappa shape index (κ1) is 28.5. The zero-order valence-electron chi connectivity index (χ0n) is 23.1. The lowest BCUT2D eigenvalue weighted by molar-refractivity contribution is -0.118. The number of nitrogens with zero attached hydrogens (tertiary/aromatic N) is 1. The fourth-order valence-corrected chi connectivity index (χ4v) is 5.55. The Morgan fingerprint density at radius 2 is 1.80 bits per heavy atom. The Hall–Kier alpha value is -4.04. The second kappa shape index (κ2) is 12.6. The van der Waals surface area contributed by atoms with Crippen molar-refractivity contribution in [2.45, 2.75) is 31.8 Å². The molecule has 0 bridgehead atoms. The third-order valence-electron chi connectivity index (χ3n) is 8.16. The minimum Gasteiger partial charge on any atom is -0.497 e. The monoisotopic (exact) mass is 560 g/mol. The van der Waals surface area contributed by atoms with E-state index >= 15 is 0 Å². The first-order valence-electron chi connectivity index (χ1n) is 13.9. The van der Waals surface area contributed by atoms with E-state index in [1.807, 2.05) is 30.3 Å². The lowest BCUT2D eigenvalue weighted by atomic mass is 9.73. The van der Waals surface area contributed by atoms with Crippen LogP contribution in [0.5, 0.6) is 5.75 Å². The third-order valence-corrected chi connectivity index (χ3v) is 8.16. The van der Waals surface area contributed by atoms with E-state index in [-0.39, 0.29) is 23.3 Å². The summed E-state index contributed by atoms with van der Waals surface area (Å²) in [6, 6.07) is 18.5. The number of likely N-dealkylation sites (tertiary alicyclic amines) is 1. The number of ether oxygens (including phenoxy) is 2. The predicted molar refractivity (Wildman–Crippen MR) is 153 cm³/mol. The molecule has 2 amide bonds. The van der Waals surface area contributed by atoms with Gasteiger partial charge in [0.05, 0.1) is 19.8 Å². The van der Waals surface area contributed by atoms with E-state index in [1.165, 1.54) is 31.4 Å². The van der Waals surface area contributed by atoms with Gasteiger partial charge in [-0.15, -0.1) is 0 Å². The number of halogens is 2. The highest BCUT2D eigenvalue weighted by molar-refractivity contribution is 5.95. The van der Waals surface area contributed by atoms with Gasteiger partial charge in [0.25, 0.3) is 5.91 Å². The fraction of sp³-hybridized carbons (Fsp3) is 0.333. The lowest BCUT2D eigenvalue weighted by Gasteiger charge is -2.45. The van der Waals surface area contributed by atoms with E-state index in [1.54, 1.807) is 29.2 Å². The SMILES string of the molecule is COc1ccc(/C=C/C(=O)NCC2CCC3(CCN(C(=O)c4ccc(-c5ccccc5)c(F)c4)CC3)CO2)c(F)c1. The minimum atomic E-state index is -0.463. The quantitative estimate of drug-likeness (QED) is 0.367. The van der Waals surface area contributed by atoms with Crippen LogP contribution in [0.1, 0.15) is 41.6 Å². The number of carbonyl (C=O) groups excluding carboxylic acids is 2. The number of rotatable bonds is 7. The van der Waals surface area contributed by atoms with E-state index in [0.29, 0.717) is 48.7 Å². The second-order valence-corrected chi connectivity index (χ2v) is 10.8. The first-order valence-corrected chi connectivity index (χ1v) is 13.9. The van der Waals surface area contributed by atoms with Gasteiger partial charge in [0.15, 0.2) is 0 Å². The minimum absolute atomic E-state index is 0.00546. The molecule has 0 radical (unpaired) electrons. The number of amides is 2. The van der Waals surface area contributed by atoms with Crippen molar-refractivity contribution in [3.63, 3.8) is 0 Å². The number of methoxy groups -OCH3 is 1. The van der Waals surface area contributed by atoms with Crippen LogP contribution in [0, 0.1) is 17.0 Å². The van der Waals surface area contributed by atoms with Gasteiger partial charge in [-0.05, 0) is 67.0 Å². The van der Waals surface area contributed by atoms with Crippen LogP contribution < -0.4 is 10.1 Å². The van der Waals surface area contributed by atoms with E-state index in [4.69, 9.17) is 9.47 Å². The summed E-state index contributed by atoms with van der Waals surface area (Å²) in [6.45, 7) is 2.14. The fourth-order valence-electron chi connectivity index (χ4n) is 5.55. The first-order chi connectivity index (χ1) is 19.9. The van der Waals surface area contributed by atoms with Gasteiger partial charge in [-0.25, -0.2) is 8.78 Å². The van der Waals surface area contributed by atoms with E-state index in [9.17, 15) is 18.4 Å². The van der Waals surface area contributed by atoms with Gasteiger partial charge in [-0.2, -0.15) is 0 Å². The van der Waals surface area contributed by atoms with Crippen molar-refractivity contribution in [1.82, 2.24) is 10.2 Å². The Labute approximate surface area is 239 Å². The lowest BCUT2D eigenvalue weighted by Crippen LogP contribution is -2.48. The number of hydrogen-bond acceptors (Lipinski definition) is 4. The molecule has 8 heteroatoms. The maximum Gasteiger partial charge on any atom is 0.253 e. The molecule has 2 heterocycles. The van der Waals surface area contributed by atoms with Gasteiger partial charge in [0.1, 0.15) is 17.4 Å². The van der Waals surface area contributed by atoms with Crippen molar-refractivity contribution < 1.29 is 27.8 Å². The van der Waals surface area contributed by atoms with Gasteiger partial charge in [0.2, 0.25) is 5.91 Å². The van der Waals surface area contributed by atoms with Crippen LogP contribution in [0.15, 0.2) is 72.8 Å². The maximum absolute atomic E-state index is 14.8. The summed E-state index contributed by atoms with van der Waals surface area (Å²) in [5.41, 5.74) is 1.92. The second-order valence-electron chi connectivity index (χ2n) is 10.8. The standard InChI is InChI=1S/C33H34F2N2O4/c1-40-26-10-7-24(29(34)20-26)9-12-31(38)36-21-27-13-14-33(22-41-27)15-17-37(18-16-33)32(39)25-8-11-28(30(35)19-25)23-5-3-2-4-6-23/h2-12,19-20,27H,13-18,21-22H2,1H3,(H,36,38)/b12-9+. The largest absolute Gasteiger partial charge is 0.497 e. The van der Waals surface area contributed by atoms with Crippen LogP contribution in [0.3, 0.4) is 0 Å².